The molecule has 3 aromatic rings. The van der Waals surface area contributed by atoms with Gasteiger partial charge in [-0.15, -0.1) is 0 Å². The summed E-state index contributed by atoms with van der Waals surface area (Å²) < 4.78 is 7.23. The smallest absolute Gasteiger partial charge is 0.250 e. The molecule has 10 nitrogen and oxygen atoms in total. The van der Waals surface area contributed by atoms with Crippen molar-refractivity contribution in [3.8, 4) is 5.69 Å². The Balaban J connectivity index is 1.28. The number of benzene rings is 1. The first-order valence-electron chi connectivity index (χ1n) is 9.87. The molecule has 5 rings (SSSR count). The quantitative estimate of drug-likeness (QED) is 0.633. The minimum atomic E-state index is 0.744. The number of aromatic nitrogens is 6. The zero-order valence-corrected chi connectivity index (χ0v) is 16.1. The summed E-state index contributed by atoms with van der Waals surface area (Å²) in [6.45, 7) is 6.57. The Morgan fingerprint density at radius 1 is 0.759 bits per heavy atom. The van der Waals surface area contributed by atoms with Crippen molar-refractivity contribution in [1.82, 2.24) is 30.2 Å². The van der Waals surface area contributed by atoms with Gasteiger partial charge < -0.3 is 19.4 Å². The first-order chi connectivity index (χ1) is 14.4. The predicted octanol–water partition coefficient (Wildman–Crippen LogP) is 0.615. The average molecular weight is 393 g/mol. The van der Waals surface area contributed by atoms with Crippen LogP contribution < -0.4 is 14.7 Å². The number of para-hydroxylation sites is 1. The SMILES string of the molecule is c1ccc(-n2nnnc2N2CCN(c3cc(N4CCOCC4)ncn3)CC2)cc1. The third-order valence-electron chi connectivity index (χ3n) is 5.31. The van der Waals surface area contributed by atoms with Gasteiger partial charge in [-0.2, -0.15) is 4.68 Å². The van der Waals surface area contributed by atoms with Crippen molar-refractivity contribution in [2.24, 2.45) is 0 Å². The van der Waals surface area contributed by atoms with Crippen LogP contribution >= 0.6 is 0 Å². The van der Waals surface area contributed by atoms with E-state index in [1.807, 2.05) is 30.3 Å². The molecule has 29 heavy (non-hydrogen) atoms. The fourth-order valence-corrected chi connectivity index (χ4v) is 3.73. The van der Waals surface area contributed by atoms with E-state index in [9.17, 15) is 0 Å². The van der Waals surface area contributed by atoms with Gasteiger partial charge in [0.25, 0.3) is 0 Å². The highest BCUT2D eigenvalue weighted by atomic mass is 16.5. The first-order valence-corrected chi connectivity index (χ1v) is 9.87. The van der Waals surface area contributed by atoms with Crippen molar-refractivity contribution in [2.45, 2.75) is 0 Å². The number of piperazine rings is 1. The molecule has 0 amide bonds. The average Bonchev–Trinajstić information content (AvgIpc) is 3.30. The Morgan fingerprint density at radius 2 is 1.41 bits per heavy atom. The normalized spacial score (nSPS) is 17.6. The molecule has 0 N–H and O–H groups in total. The number of ether oxygens (including phenoxy) is 1. The van der Waals surface area contributed by atoms with E-state index in [2.05, 4.69) is 46.3 Å². The molecule has 1 aromatic carbocycles. The summed E-state index contributed by atoms with van der Waals surface area (Å²) >= 11 is 0. The summed E-state index contributed by atoms with van der Waals surface area (Å²) in [6.07, 6.45) is 1.66. The second-order valence-electron chi connectivity index (χ2n) is 7.03. The molecule has 10 heteroatoms. The number of nitrogens with zero attached hydrogens (tertiary/aromatic N) is 9. The summed E-state index contributed by atoms with van der Waals surface area (Å²) in [7, 11) is 0. The molecule has 0 bridgehead atoms. The van der Waals surface area contributed by atoms with Gasteiger partial charge in [-0.25, -0.2) is 9.97 Å². The third-order valence-corrected chi connectivity index (χ3v) is 5.31. The maximum Gasteiger partial charge on any atom is 0.250 e. The Bertz CT molecular complexity index is 934. The highest BCUT2D eigenvalue weighted by Gasteiger charge is 2.24. The van der Waals surface area contributed by atoms with E-state index >= 15 is 0 Å². The Labute approximate surface area is 168 Å². The first kappa shape index (κ1) is 17.8. The van der Waals surface area contributed by atoms with E-state index in [1.165, 1.54) is 0 Å². The van der Waals surface area contributed by atoms with E-state index < -0.39 is 0 Å². The van der Waals surface area contributed by atoms with Gasteiger partial charge in [0.2, 0.25) is 5.95 Å². The minimum Gasteiger partial charge on any atom is -0.378 e. The number of hydrogen-bond acceptors (Lipinski definition) is 9. The van der Waals surface area contributed by atoms with E-state index in [1.54, 1.807) is 11.0 Å². The Hall–Kier alpha value is -3.27. The van der Waals surface area contributed by atoms with Crippen LogP contribution in [0.5, 0.6) is 0 Å². The fourth-order valence-electron chi connectivity index (χ4n) is 3.73. The molecule has 0 atom stereocenters. The van der Waals surface area contributed by atoms with Crippen LogP contribution in [0.4, 0.5) is 17.6 Å². The lowest BCUT2D eigenvalue weighted by atomic mass is 10.3. The lowest BCUT2D eigenvalue weighted by molar-refractivity contribution is 0.122. The largest absolute Gasteiger partial charge is 0.378 e. The maximum atomic E-state index is 5.44. The highest BCUT2D eigenvalue weighted by Crippen LogP contribution is 2.22. The molecule has 2 aliphatic heterocycles. The maximum absolute atomic E-state index is 5.44. The molecule has 0 unspecified atom stereocenters. The zero-order valence-electron chi connectivity index (χ0n) is 16.1. The van der Waals surface area contributed by atoms with Crippen molar-refractivity contribution in [1.29, 1.82) is 0 Å². The molecule has 2 aliphatic rings. The molecule has 0 spiro atoms. The van der Waals surface area contributed by atoms with Crippen LogP contribution in [0.1, 0.15) is 0 Å². The minimum absolute atomic E-state index is 0.744. The van der Waals surface area contributed by atoms with Crippen LogP contribution in [-0.2, 0) is 4.74 Å². The monoisotopic (exact) mass is 393 g/mol. The summed E-state index contributed by atoms with van der Waals surface area (Å²) in [5.41, 5.74) is 0.959. The molecule has 2 aromatic heterocycles. The number of rotatable bonds is 4. The molecule has 150 valence electrons. The van der Waals surface area contributed by atoms with Crippen LogP contribution in [0.15, 0.2) is 42.7 Å². The van der Waals surface area contributed by atoms with Gasteiger partial charge in [0, 0.05) is 45.3 Å². The fraction of sp³-hybridized carbons (Fsp3) is 0.421. The number of morpholine rings is 1. The van der Waals surface area contributed by atoms with E-state index in [4.69, 9.17) is 4.74 Å². The van der Waals surface area contributed by atoms with E-state index in [-0.39, 0.29) is 0 Å². The van der Waals surface area contributed by atoms with Crippen molar-refractivity contribution in [3.05, 3.63) is 42.7 Å². The van der Waals surface area contributed by atoms with Crippen LogP contribution in [0.2, 0.25) is 0 Å². The van der Waals surface area contributed by atoms with Crippen LogP contribution in [0.3, 0.4) is 0 Å². The van der Waals surface area contributed by atoms with Gasteiger partial charge in [-0.3, -0.25) is 0 Å². The van der Waals surface area contributed by atoms with Gasteiger partial charge in [-0.05, 0) is 22.6 Å². The topological polar surface area (TPSA) is 88.3 Å². The molecule has 2 saturated heterocycles. The predicted molar refractivity (Wildman–Crippen MR) is 109 cm³/mol. The van der Waals surface area contributed by atoms with Gasteiger partial charge in [0.05, 0.1) is 18.9 Å². The number of hydrogen-bond donors (Lipinski definition) is 0. The zero-order chi connectivity index (χ0) is 19.5. The summed E-state index contributed by atoms with van der Waals surface area (Å²) in [5.74, 6) is 2.70. The lowest BCUT2D eigenvalue weighted by Gasteiger charge is -2.36. The standard InChI is InChI=1S/C19H23N9O/c1-2-4-16(5-3-1)28-19(22-23-24-28)27-8-6-25(7-9-27)17-14-18(21-15-20-17)26-10-12-29-13-11-26/h1-5,14-15H,6-13H2. The van der Waals surface area contributed by atoms with Crippen LogP contribution in [-0.4, -0.2) is 82.7 Å². The van der Waals surface area contributed by atoms with Gasteiger partial charge in [0.1, 0.15) is 18.0 Å². The summed E-state index contributed by atoms with van der Waals surface area (Å²) in [6, 6.07) is 12.0. The molecular weight excluding hydrogens is 370 g/mol. The van der Waals surface area contributed by atoms with E-state index in [0.29, 0.717) is 0 Å². The van der Waals surface area contributed by atoms with Gasteiger partial charge in [0.15, 0.2) is 0 Å². The molecule has 4 heterocycles. The number of anilines is 3. The van der Waals surface area contributed by atoms with Gasteiger partial charge >= 0.3 is 0 Å². The third kappa shape index (κ3) is 3.70. The lowest BCUT2D eigenvalue weighted by Crippen LogP contribution is -2.47. The summed E-state index contributed by atoms with van der Waals surface area (Å²) in [4.78, 5) is 15.7. The Kier molecular flexibility index (Phi) is 4.91. The molecular formula is C19H23N9O. The molecule has 2 fully saturated rings. The second kappa shape index (κ2) is 8.00. The van der Waals surface area contributed by atoms with E-state index in [0.717, 1.165) is 75.8 Å². The van der Waals surface area contributed by atoms with Crippen molar-refractivity contribution in [3.63, 3.8) is 0 Å². The second-order valence-corrected chi connectivity index (χ2v) is 7.03. The van der Waals surface area contributed by atoms with Gasteiger partial charge in [-0.1, -0.05) is 23.3 Å². The van der Waals surface area contributed by atoms with Crippen molar-refractivity contribution < 1.29 is 4.74 Å². The van der Waals surface area contributed by atoms with Crippen LogP contribution in [0, 0.1) is 0 Å². The Morgan fingerprint density at radius 3 is 2.14 bits per heavy atom. The summed E-state index contributed by atoms with van der Waals surface area (Å²) in [5, 5.41) is 12.3. The number of tetrazole rings is 1. The van der Waals surface area contributed by atoms with Crippen molar-refractivity contribution >= 4 is 17.6 Å². The molecule has 0 radical (unpaired) electrons. The molecule has 0 saturated carbocycles. The molecule has 0 aliphatic carbocycles. The highest BCUT2D eigenvalue weighted by molar-refractivity contribution is 5.52. The van der Waals surface area contributed by atoms with Crippen molar-refractivity contribution in [2.75, 3.05) is 67.2 Å². The van der Waals surface area contributed by atoms with Crippen LogP contribution in [0.25, 0.3) is 5.69 Å².